The van der Waals surface area contributed by atoms with E-state index in [-0.39, 0.29) is 0 Å². The van der Waals surface area contributed by atoms with Crippen LogP contribution in [0.2, 0.25) is 13.3 Å². The Hall–Kier alpha value is -1.03. The van der Waals surface area contributed by atoms with Gasteiger partial charge in [0.25, 0.3) is 0 Å². The van der Waals surface area contributed by atoms with Crippen molar-refractivity contribution >= 4 is 27.8 Å². The van der Waals surface area contributed by atoms with Crippen molar-refractivity contribution in [1.82, 2.24) is 4.57 Å². The van der Waals surface area contributed by atoms with Gasteiger partial charge in [-0.3, -0.25) is 0 Å². The van der Waals surface area contributed by atoms with Crippen LogP contribution in [0.1, 0.15) is 70.6 Å². The van der Waals surface area contributed by atoms with E-state index < -0.39 is 18.4 Å². The molecule has 0 aliphatic carbocycles. The average molecular weight is 485 g/mol. The van der Waals surface area contributed by atoms with E-state index >= 15 is 0 Å². The van der Waals surface area contributed by atoms with Gasteiger partial charge in [-0.1, -0.05) is 0 Å². The Labute approximate surface area is 176 Å². The molecular formula is C25H38N2Sn. The van der Waals surface area contributed by atoms with Crippen molar-refractivity contribution in [2.24, 2.45) is 4.99 Å². The summed E-state index contributed by atoms with van der Waals surface area (Å²) in [6.07, 6.45) is 8.26. The number of benzene rings is 1. The molecule has 0 spiro atoms. The van der Waals surface area contributed by atoms with Gasteiger partial charge in [0.15, 0.2) is 0 Å². The summed E-state index contributed by atoms with van der Waals surface area (Å²) < 4.78 is 9.11. The summed E-state index contributed by atoms with van der Waals surface area (Å²) in [5, 5.41) is 0. The molecule has 28 heavy (non-hydrogen) atoms. The summed E-state index contributed by atoms with van der Waals surface area (Å²) in [4.78, 5) is 4.94. The number of rotatable bonds is 11. The average Bonchev–Trinajstić information content (AvgIpc) is 3.19. The van der Waals surface area contributed by atoms with Crippen LogP contribution in [0.4, 0.5) is 0 Å². The fourth-order valence-electron chi connectivity index (χ4n) is 4.86. The first-order chi connectivity index (χ1) is 13.8. The van der Waals surface area contributed by atoms with Gasteiger partial charge in [0.05, 0.1) is 0 Å². The van der Waals surface area contributed by atoms with E-state index in [1.807, 2.05) is 0 Å². The molecule has 1 aliphatic heterocycles. The maximum atomic E-state index is 4.94. The van der Waals surface area contributed by atoms with Gasteiger partial charge >= 0.3 is 177 Å². The zero-order valence-corrected chi connectivity index (χ0v) is 21.1. The Bertz CT molecular complexity index is 738. The van der Waals surface area contributed by atoms with Crippen LogP contribution in [-0.2, 0) is 6.54 Å². The van der Waals surface area contributed by atoms with Crippen molar-refractivity contribution in [3.8, 4) is 0 Å². The Morgan fingerprint density at radius 1 is 0.821 bits per heavy atom. The first kappa shape index (κ1) is 21.7. The molecular weight excluding hydrogens is 447 g/mol. The molecule has 2 aromatic rings. The number of unbranched alkanes of at least 4 members (excludes halogenated alkanes) is 3. The third kappa shape index (κ3) is 4.75. The molecule has 0 saturated carbocycles. The number of hydrogen-bond acceptors (Lipinski definition) is 1. The maximum absolute atomic E-state index is 4.94. The number of hydrogen-bond donors (Lipinski definition) is 0. The molecule has 0 atom stereocenters. The topological polar surface area (TPSA) is 17.3 Å². The molecule has 3 rings (SSSR count). The van der Waals surface area contributed by atoms with Gasteiger partial charge in [-0.2, -0.15) is 0 Å². The molecule has 2 nitrogen and oxygen atoms in total. The monoisotopic (exact) mass is 486 g/mol. The third-order valence-corrected chi connectivity index (χ3v) is 22.0. The van der Waals surface area contributed by atoms with E-state index in [2.05, 4.69) is 67.8 Å². The summed E-state index contributed by atoms with van der Waals surface area (Å²) in [7, 11) is 0. The number of nitrogens with zero attached hydrogens (tertiary/aromatic N) is 2. The zero-order chi connectivity index (χ0) is 19.8. The van der Waals surface area contributed by atoms with Crippen molar-refractivity contribution in [3.05, 3.63) is 53.7 Å². The van der Waals surface area contributed by atoms with Crippen LogP contribution >= 0.6 is 0 Å². The summed E-state index contributed by atoms with van der Waals surface area (Å²) in [6.45, 7) is 9.10. The molecule has 0 fully saturated rings. The van der Waals surface area contributed by atoms with Gasteiger partial charge < -0.3 is 0 Å². The standard InChI is InChI=1S/C13H11N2.3C4H9.Sn/c1-2-5-11(6-3-1)13-12-7-4-9-15(12)10-8-14-13;3*1-3-4-2;/h1-7H,8,10H2;3*1,3-4H2,2H3;. The number of aromatic nitrogens is 1. The normalized spacial score (nSPS) is 14.0. The minimum atomic E-state index is -2.41. The molecule has 0 amide bonds. The quantitative estimate of drug-likeness (QED) is 0.328. The van der Waals surface area contributed by atoms with Crippen molar-refractivity contribution < 1.29 is 0 Å². The van der Waals surface area contributed by atoms with Crippen molar-refractivity contribution in [2.75, 3.05) is 6.54 Å². The number of fused-ring (bicyclic) bond motifs is 1. The molecule has 0 bridgehead atoms. The van der Waals surface area contributed by atoms with E-state index in [4.69, 9.17) is 4.99 Å². The fourth-order valence-corrected chi connectivity index (χ4v) is 21.6. The fraction of sp³-hybridized carbons (Fsp3) is 0.560. The van der Waals surface area contributed by atoms with Crippen LogP contribution in [0.15, 0.2) is 47.5 Å². The predicted octanol–water partition coefficient (Wildman–Crippen LogP) is 6.40. The van der Waals surface area contributed by atoms with E-state index in [1.165, 1.54) is 68.8 Å². The molecule has 0 saturated heterocycles. The van der Waals surface area contributed by atoms with E-state index in [9.17, 15) is 0 Å². The van der Waals surface area contributed by atoms with Gasteiger partial charge in [-0.25, -0.2) is 0 Å². The van der Waals surface area contributed by atoms with Gasteiger partial charge in [0.1, 0.15) is 0 Å². The van der Waals surface area contributed by atoms with Crippen LogP contribution < -0.4 is 3.71 Å². The Kier molecular flexibility index (Phi) is 8.25. The zero-order valence-electron chi connectivity index (χ0n) is 18.2. The third-order valence-electron chi connectivity index (χ3n) is 6.43. The predicted molar refractivity (Wildman–Crippen MR) is 126 cm³/mol. The SMILES string of the molecule is CCC[CH2][Sn]([CH2]CCC)([CH2]CCC)[c]1ccc2n1CCN=C2c1ccccc1. The number of aliphatic imine (C=N–C) groups is 1. The Morgan fingerprint density at radius 2 is 1.43 bits per heavy atom. The van der Waals surface area contributed by atoms with Crippen LogP contribution in [0.3, 0.4) is 0 Å². The van der Waals surface area contributed by atoms with E-state index in [0.29, 0.717) is 0 Å². The molecule has 152 valence electrons. The summed E-state index contributed by atoms with van der Waals surface area (Å²) in [6, 6.07) is 15.7. The van der Waals surface area contributed by atoms with Crippen LogP contribution in [-0.4, -0.2) is 35.2 Å². The summed E-state index contributed by atoms with van der Waals surface area (Å²) >= 11 is -2.41. The second-order valence-corrected chi connectivity index (χ2v) is 21.5. The van der Waals surface area contributed by atoms with Crippen molar-refractivity contribution in [2.45, 2.75) is 79.2 Å². The molecule has 0 unspecified atom stereocenters. The molecule has 0 radical (unpaired) electrons. The van der Waals surface area contributed by atoms with Crippen molar-refractivity contribution in [3.63, 3.8) is 0 Å². The van der Waals surface area contributed by atoms with Crippen molar-refractivity contribution in [1.29, 1.82) is 0 Å². The minimum absolute atomic E-state index is 0.927. The Balaban J connectivity index is 2.02. The first-order valence-corrected chi connectivity index (χ1v) is 19.0. The van der Waals surface area contributed by atoms with E-state index in [1.54, 1.807) is 3.71 Å². The van der Waals surface area contributed by atoms with E-state index in [0.717, 1.165) is 13.1 Å². The van der Waals surface area contributed by atoms with Gasteiger partial charge in [0, 0.05) is 0 Å². The molecule has 0 N–H and O–H groups in total. The molecule has 1 aliphatic rings. The Morgan fingerprint density at radius 3 is 2.00 bits per heavy atom. The molecule has 2 heterocycles. The molecule has 1 aromatic heterocycles. The second kappa shape index (κ2) is 10.7. The van der Waals surface area contributed by atoms with Crippen LogP contribution in [0.25, 0.3) is 0 Å². The van der Waals surface area contributed by atoms with Crippen LogP contribution in [0, 0.1) is 0 Å². The second-order valence-electron chi connectivity index (χ2n) is 8.44. The molecule has 3 heteroatoms. The van der Waals surface area contributed by atoms with Gasteiger partial charge in [0.2, 0.25) is 0 Å². The van der Waals surface area contributed by atoms with Gasteiger partial charge in [-0.05, 0) is 0 Å². The first-order valence-electron chi connectivity index (χ1n) is 11.6. The van der Waals surface area contributed by atoms with Gasteiger partial charge in [-0.15, -0.1) is 0 Å². The van der Waals surface area contributed by atoms with Crippen LogP contribution in [0.5, 0.6) is 0 Å². The summed E-state index contributed by atoms with van der Waals surface area (Å²) in [5.41, 5.74) is 3.85. The molecule has 1 aromatic carbocycles. The summed E-state index contributed by atoms with van der Waals surface area (Å²) in [5.74, 6) is 0.